The molecule has 2 heterocycles. The minimum absolute atomic E-state index is 0.165. The predicted octanol–water partition coefficient (Wildman–Crippen LogP) is 1.75. The van der Waals surface area contributed by atoms with E-state index in [1.807, 2.05) is 25.7 Å². The molecule has 0 aromatic carbocycles. The first-order valence-corrected chi connectivity index (χ1v) is 6.18. The van der Waals surface area contributed by atoms with E-state index in [1.165, 1.54) is 12.8 Å². The van der Waals surface area contributed by atoms with Crippen molar-refractivity contribution in [1.29, 1.82) is 0 Å². The third kappa shape index (κ3) is 2.88. The summed E-state index contributed by atoms with van der Waals surface area (Å²) in [4.78, 5) is 13.8. The smallest absolute Gasteiger partial charge is 0.410 e. The van der Waals surface area contributed by atoms with E-state index in [0.29, 0.717) is 12.1 Å². The number of hydrogen-bond donors (Lipinski definition) is 1. The Balaban J connectivity index is 1.92. The molecule has 92 valence electrons. The van der Waals surface area contributed by atoms with E-state index in [0.717, 1.165) is 19.5 Å². The van der Waals surface area contributed by atoms with Gasteiger partial charge in [0.25, 0.3) is 0 Å². The van der Waals surface area contributed by atoms with Crippen molar-refractivity contribution in [3.63, 3.8) is 0 Å². The summed E-state index contributed by atoms with van der Waals surface area (Å²) in [5.41, 5.74) is -0.393. The molecular weight excluding hydrogens is 204 g/mol. The van der Waals surface area contributed by atoms with Gasteiger partial charge in [-0.05, 0) is 40.0 Å². The van der Waals surface area contributed by atoms with Crippen LogP contribution in [-0.2, 0) is 4.74 Å². The summed E-state index contributed by atoms with van der Waals surface area (Å²) in [7, 11) is 0. The Kier molecular flexibility index (Phi) is 3.10. The molecule has 1 N–H and O–H groups in total. The highest BCUT2D eigenvalue weighted by Gasteiger charge is 2.32. The third-order valence-electron chi connectivity index (χ3n) is 3.17. The van der Waals surface area contributed by atoms with Crippen molar-refractivity contribution >= 4 is 6.09 Å². The van der Waals surface area contributed by atoms with Gasteiger partial charge in [-0.25, -0.2) is 4.79 Å². The Morgan fingerprint density at radius 1 is 1.25 bits per heavy atom. The molecule has 0 spiro atoms. The van der Waals surface area contributed by atoms with E-state index in [2.05, 4.69) is 5.32 Å². The summed E-state index contributed by atoms with van der Waals surface area (Å²) >= 11 is 0. The van der Waals surface area contributed by atoms with Gasteiger partial charge in [-0.2, -0.15) is 0 Å². The minimum Gasteiger partial charge on any atom is -0.444 e. The fraction of sp³-hybridized carbons (Fsp3) is 0.917. The Morgan fingerprint density at radius 2 is 1.94 bits per heavy atom. The molecule has 0 aromatic heterocycles. The molecule has 2 unspecified atom stereocenters. The molecule has 16 heavy (non-hydrogen) atoms. The number of hydrogen-bond acceptors (Lipinski definition) is 3. The molecule has 0 aromatic rings. The molecule has 4 heteroatoms. The first-order valence-electron chi connectivity index (χ1n) is 6.18. The zero-order valence-electron chi connectivity index (χ0n) is 10.5. The number of amides is 1. The molecule has 0 saturated carbocycles. The van der Waals surface area contributed by atoms with Crippen LogP contribution in [0.4, 0.5) is 4.79 Å². The van der Waals surface area contributed by atoms with Crippen LogP contribution in [0.1, 0.15) is 40.0 Å². The van der Waals surface area contributed by atoms with Gasteiger partial charge in [0.1, 0.15) is 5.60 Å². The van der Waals surface area contributed by atoms with Gasteiger partial charge in [0.15, 0.2) is 0 Å². The molecule has 0 radical (unpaired) electrons. The van der Waals surface area contributed by atoms with E-state index in [9.17, 15) is 4.79 Å². The van der Waals surface area contributed by atoms with Crippen LogP contribution >= 0.6 is 0 Å². The van der Waals surface area contributed by atoms with Crippen molar-refractivity contribution in [2.75, 3.05) is 13.1 Å². The van der Waals surface area contributed by atoms with Crippen molar-refractivity contribution in [2.45, 2.75) is 57.7 Å². The summed E-state index contributed by atoms with van der Waals surface area (Å²) in [5.74, 6) is 0. The van der Waals surface area contributed by atoms with Crippen molar-refractivity contribution in [2.24, 2.45) is 0 Å². The summed E-state index contributed by atoms with van der Waals surface area (Å²) < 4.78 is 5.40. The molecule has 2 aliphatic rings. The number of likely N-dealkylation sites (tertiary alicyclic amines) is 1. The molecule has 1 amide bonds. The van der Waals surface area contributed by atoms with E-state index in [4.69, 9.17) is 4.74 Å². The van der Waals surface area contributed by atoms with E-state index in [-0.39, 0.29) is 6.09 Å². The molecule has 2 bridgehead atoms. The Bertz CT molecular complexity index is 273. The predicted molar refractivity (Wildman–Crippen MR) is 62.4 cm³/mol. The quantitative estimate of drug-likeness (QED) is 0.684. The number of rotatable bonds is 0. The lowest BCUT2D eigenvalue weighted by Gasteiger charge is -2.28. The molecule has 4 nitrogen and oxygen atoms in total. The van der Waals surface area contributed by atoms with E-state index in [1.54, 1.807) is 0 Å². The van der Waals surface area contributed by atoms with Crippen LogP contribution in [0.15, 0.2) is 0 Å². The van der Waals surface area contributed by atoms with Crippen molar-refractivity contribution in [3.8, 4) is 0 Å². The number of nitrogens with one attached hydrogen (secondary N) is 1. The van der Waals surface area contributed by atoms with Crippen molar-refractivity contribution in [1.82, 2.24) is 10.2 Å². The van der Waals surface area contributed by atoms with Crippen LogP contribution in [0.5, 0.6) is 0 Å². The lowest BCUT2D eigenvalue weighted by molar-refractivity contribution is 0.0242. The second kappa shape index (κ2) is 4.24. The molecule has 2 aliphatic heterocycles. The summed E-state index contributed by atoms with van der Waals surface area (Å²) in [6.07, 6.45) is 3.33. The number of carbonyl (C=O) groups excluding carboxylic acids is 1. The Labute approximate surface area is 97.3 Å². The Hall–Kier alpha value is -0.770. The van der Waals surface area contributed by atoms with Gasteiger partial charge in [0.05, 0.1) is 0 Å². The second-order valence-corrected chi connectivity index (χ2v) is 5.85. The van der Waals surface area contributed by atoms with Gasteiger partial charge < -0.3 is 15.0 Å². The second-order valence-electron chi connectivity index (χ2n) is 5.85. The van der Waals surface area contributed by atoms with Crippen molar-refractivity contribution in [3.05, 3.63) is 0 Å². The van der Waals surface area contributed by atoms with Crippen LogP contribution < -0.4 is 5.32 Å². The molecule has 2 rings (SSSR count). The highest BCUT2D eigenvalue weighted by Crippen LogP contribution is 2.21. The van der Waals surface area contributed by atoms with Gasteiger partial charge in [-0.3, -0.25) is 0 Å². The molecular formula is C12H22N2O2. The highest BCUT2D eigenvalue weighted by molar-refractivity contribution is 5.68. The van der Waals surface area contributed by atoms with Crippen LogP contribution in [-0.4, -0.2) is 41.8 Å². The Morgan fingerprint density at radius 3 is 2.62 bits per heavy atom. The fourth-order valence-corrected chi connectivity index (χ4v) is 2.44. The summed E-state index contributed by atoms with van der Waals surface area (Å²) in [5, 5.41) is 3.55. The number of fused-ring (bicyclic) bond motifs is 2. The molecule has 2 fully saturated rings. The summed E-state index contributed by atoms with van der Waals surface area (Å²) in [6.45, 7) is 7.35. The molecule has 0 aliphatic carbocycles. The monoisotopic (exact) mass is 226 g/mol. The van der Waals surface area contributed by atoms with Gasteiger partial charge in [0.2, 0.25) is 0 Å². The number of nitrogens with zero attached hydrogens (tertiary/aromatic N) is 1. The standard InChI is InChI=1S/C12H22N2O2/c1-12(2,3)16-11(15)14-7-6-9-4-5-10(8-14)13-9/h9-10,13H,4-8H2,1-3H3. The maximum Gasteiger partial charge on any atom is 0.410 e. The first-order chi connectivity index (χ1) is 7.44. The average Bonchev–Trinajstić information content (AvgIpc) is 2.42. The fourth-order valence-electron chi connectivity index (χ4n) is 2.44. The van der Waals surface area contributed by atoms with Gasteiger partial charge in [0, 0.05) is 25.2 Å². The van der Waals surface area contributed by atoms with E-state index < -0.39 is 5.60 Å². The molecule has 2 saturated heterocycles. The summed E-state index contributed by atoms with van der Waals surface area (Å²) in [6, 6.07) is 1.08. The zero-order chi connectivity index (χ0) is 11.8. The maximum atomic E-state index is 11.9. The average molecular weight is 226 g/mol. The molecule has 2 atom stereocenters. The largest absolute Gasteiger partial charge is 0.444 e. The lowest BCUT2D eigenvalue weighted by atomic mass is 10.1. The number of ether oxygens (including phenoxy) is 1. The maximum absolute atomic E-state index is 11.9. The van der Waals surface area contributed by atoms with Crippen LogP contribution in [0.3, 0.4) is 0 Å². The highest BCUT2D eigenvalue weighted by atomic mass is 16.6. The van der Waals surface area contributed by atoms with Gasteiger partial charge in [-0.1, -0.05) is 0 Å². The topological polar surface area (TPSA) is 41.6 Å². The first kappa shape index (κ1) is 11.7. The van der Waals surface area contributed by atoms with Crippen molar-refractivity contribution < 1.29 is 9.53 Å². The van der Waals surface area contributed by atoms with Gasteiger partial charge in [-0.15, -0.1) is 0 Å². The third-order valence-corrected chi connectivity index (χ3v) is 3.17. The normalized spacial score (nSPS) is 30.1. The van der Waals surface area contributed by atoms with Crippen LogP contribution in [0.2, 0.25) is 0 Å². The van der Waals surface area contributed by atoms with Gasteiger partial charge >= 0.3 is 6.09 Å². The SMILES string of the molecule is CC(C)(C)OC(=O)N1CCC2CCC(C1)N2. The number of carbonyl (C=O) groups is 1. The zero-order valence-corrected chi connectivity index (χ0v) is 10.5. The van der Waals surface area contributed by atoms with Crippen LogP contribution in [0.25, 0.3) is 0 Å². The van der Waals surface area contributed by atoms with E-state index >= 15 is 0 Å². The lowest BCUT2D eigenvalue weighted by Crippen LogP contribution is -2.41. The minimum atomic E-state index is -0.393. The van der Waals surface area contributed by atoms with Crippen LogP contribution in [0, 0.1) is 0 Å².